The number of ketones is 2. The van der Waals surface area contributed by atoms with Crippen LogP contribution < -0.4 is 0 Å². The standard InChI is InChI=1S/C21H10O5/c22-9-14-15-16-18(24)10-5-1-2-6-11(10)19(25)21(16)26-20(15)13-8-4-3-7-12(13)17(14)23/h1-9,23H. The normalized spacial score (nSPS) is 13.1. The van der Waals surface area contributed by atoms with Gasteiger partial charge in [0.1, 0.15) is 11.3 Å². The quantitative estimate of drug-likeness (QED) is 0.467. The van der Waals surface area contributed by atoms with Crippen molar-refractivity contribution in [2.24, 2.45) is 0 Å². The third kappa shape index (κ3) is 1.61. The number of aldehydes is 1. The van der Waals surface area contributed by atoms with Gasteiger partial charge >= 0.3 is 0 Å². The number of phenolic OH excluding ortho intramolecular Hbond substituents is 1. The summed E-state index contributed by atoms with van der Waals surface area (Å²) in [6.45, 7) is 0. The van der Waals surface area contributed by atoms with Crippen LogP contribution in [0.3, 0.4) is 0 Å². The highest BCUT2D eigenvalue weighted by atomic mass is 16.3. The molecule has 4 aromatic rings. The fourth-order valence-corrected chi connectivity index (χ4v) is 3.66. The number of furan rings is 1. The maximum absolute atomic E-state index is 13.0. The van der Waals surface area contributed by atoms with Crippen molar-refractivity contribution in [2.45, 2.75) is 0 Å². The summed E-state index contributed by atoms with van der Waals surface area (Å²) < 4.78 is 5.80. The number of hydrogen-bond donors (Lipinski definition) is 1. The van der Waals surface area contributed by atoms with E-state index in [4.69, 9.17) is 4.42 Å². The zero-order valence-electron chi connectivity index (χ0n) is 13.3. The molecular weight excluding hydrogens is 332 g/mol. The fourth-order valence-electron chi connectivity index (χ4n) is 3.66. The summed E-state index contributed by atoms with van der Waals surface area (Å²) in [5.74, 6) is -1.13. The van der Waals surface area contributed by atoms with E-state index < -0.39 is 11.6 Å². The van der Waals surface area contributed by atoms with Gasteiger partial charge < -0.3 is 9.52 Å². The van der Waals surface area contributed by atoms with Crippen molar-refractivity contribution in [2.75, 3.05) is 0 Å². The van der Waals surface area contributed by atoms with Crippen LogP contribution in [0.4, 0.5) is 0 Å². The zero-order valence-corrected chi connectivity index (χ0v) is 13.3. The number of phenols is 1. The second-order valence-electron chi connectivity index (χ2n) is 6.14. The zero-order chi connectivity index (χ0) is 18.0. The number of carbonyl (C=O) groups excluding carboxylic acids is 3. The maximum Gasteiger partial charge on any atom is 0.229 e. The highest BCUT2D eigenvalue weighted by Crippen LogP contribution is 2.43. The molecule has 1 aromatic heterocycles. The molecule has 0 fully saturated rings. The van der Waals surface area contributed by atoms with E-state index in [2.05, 4.69) is 0 Å². The van der Waals surface area contributed by atoms with E-state index in [1.54, 1.807) is 48.5 Å². The minimum Gasteiger partial charge on any atom is -0.507 e. The van der Waals surface area contributed by atoms with Crippen LogP contribution in [0, 0.1) is 0 Å². The fraction of sp³-hybridized carbons (Fsp3) is 0. The van der Waals surface area contributed by atoms with Crippen LogP contribution in [0.1, 0.15) is 42.4 Å². The van der Waals surface area contributed by atoms with E-state index >= 15 is 0 Å². The molecular formula is C21H10O5. The highest BCUT2D eigenvalue weighted by molar-refractivity contribution is 6.34. The van der Waals surface area contributed by atoms with Gasteiger partial charge in [-0.3, -0.25) is 14.4 Å². The van der Waals surface area contributed by atoms with E-state index in [0.717, 1.165) is 0 Å². The molecule has 1 heterocycles. The average molecular weight is 342 g/mol. The van der Waals surface area contributed by atoms with Crippen molar-refractivity contribution in [3.05, 3.63) is 76.5 Å². The molecule has 0 aliphatic heterocycles. The first-order chi connectivity index (χ1) is 12.6. The maximum atomic E-state index is 13.0. The molecule has 0 atom stereocenters. The number of carbonyl (C=O) groups is 3. The monoisotopic (exact) mass is 342 g/mol. The van der Waals surface area contributed by atoms with Crippen LogP contribution >= 0.6 is 0 Å². The Bertz CT molecular complexity index is 1290. The summed E-state index contributed by atoms with van der Waals surface area (Å²) in [6.07, 6.45) is 0.484. The van der Waals surface area contributed by atoms with Gasteiger partial charge in [0.05, 0.1) is 11.1 Å². The molecule has 0 unspecified atom stereocenters. The van der Waals surface area contributed by atoms with E-state index in [-0.39, 0.29) is 44.7 Å². The van der Waals surface area contributed by atoms with E-state index in [1.807, 2.05) is 0 Å². The number of aromatic hydroxyl groups is 1. The summed E-state index contributed by atoms with van der Waals surface area (Å²) in [6, 6.07) is 13.3. The second-order valence-corrected chi connectivity index (χ2v) is 6.14. The lowest BCUT2D eigenvalue weighted by molar-refractivity contribution is 0.0962. The Balaban J connectivity index is 2.02. The molecule has 5 rings (SSSR count). The van der Waals surface area contributed by atoms with Crippen molar-refractivity contribution in [1.29, 1.82) is 0 Å². The summed E-state index contributed by atoms with van der Waals surface area (Å²) >= 11 is 0. The van der Waals surface area contributed by atoms with Gasteiger partial charge in [0.15, 0.2) is 17.8 Å². The average Bonchev–Trinajstić information content (AvgIpc) is 3.08. The Morgan fingerprint density at radius 1 is 0.846 bits per heavy atom. The van der Waals surface area contributed by atoms with Crippen molar-refractivity contribution in [3.8, 4) is 5.75 Å². The van der Waals surface area contributed by atoms with Crippen LogP contribution in [-0.4, -0.2) is 23.0 Å². The lowest BCUT2D eigenvalue weighted by Gasteiger charge is -2.13. The minimum absolute atomic E-state index is 0.0341. The molecule has 1 aliphatic carbocycles. The molecule has 0 spiro atoms. The SMILES string of the molecule is O=Cc1c(O)c2ccccc2c2oc3c(c12)C(=O)c1ccccc1C3=O. The Hall–Kier alpha value is -3.73. The third-order valence-electron chi connectivity index (χ3n) is 4.83. The summed E-state index contributed by atoms with van der Waals surface area (Å²) in [5, 5.41) is 11.7. The molecule has 5 heteroatoms. The molecule has 3 aromatic carbocycles. The van der Waals surface area contributed by atoms with Crippen molar-refractivity contribution in [1.82, 2.24) is 0 Å². The Morgan fingerprint density at radius 3 is 2.15 bits per heavy atom. The predicted octanol–water partition coefficient (Wildman–Crippen LogP) is 3.88. The first-order valence-electron chi connectivity index (χ1n) is 7.97. The first kappa shape index (κ1) is 14.6. The van der Waals surface area contributed by atoms with Crippen LogP contribution in [0.25, 0.3) is 21.7 Å². The van der Waals surface area contributed by atoms with Gasteiger partial charge in [-0.05, 0) is 0 Å². The molecule has 0 radical (unpaired) electrons. The third-order valence-corrected chi connectivity index (χ3v) is 4.83. The van der Waals surface area contributed by atoms with Crippen LogP contribution in [-0.2, 0) is 0 Å². The molecule has 0 saturated carbocycles. The highest BCUT2D eigenvalue weighted by Gasteiger charge is 2.37. The number of rotatable bonds is 1. The van der Waals surface area contributed by atoms with E-state index in [0.29, 0.717) is 17.1 Å². The van der Waals surface area contributed by atoms with Crippen LogP contribution in [0.2, 0.25) is 0 Å². The predicted molar refractivity (Wildman–Crippen MR) is 94.1 cm³/mol. The van der Waals surface area contributed by atoms with Crippen LogP contribution in [0.15, 0.2) is 52.9 Å². The molecule has 5 nitrogen and oxygen atoms in total. The largest absolute Gasteiger partial charge is 0.507 e. The van der Waals surface area contributed by atoms with Gasteiger partial charge in [-0.15, -0.1) is 0 Å². The number of benzene rings is 3. The van der Waals surface area contributed by atoms with Gasteiger partial charge in [0.25, 0.3) is 0 Å². The van der Waals surface area contributed by atoms with Crippen molar-refractivity contribution in [3.63, 3.8) is 0 Å². The Labute approximate surface area is 146 Å². The van der Waals surface area contributed by atoms with E-state index in [9.17, 15) is 19.5 Å². The van der Waals surface area contributed by atoms with Gasteiger partial charge in [0, 0.05) is 27.3 Å². The topological polar surface area (TPSA) is 84.6 Å². The molecule has 0 bridgehead atoms. The van der Waals surface area contributed by atoms with Gasteiger partial charge in [-0.25, -0.2) is 0 Å². The van der Waals surface area contributed by atoms with Gasteiger partial charge in [-0.1, -0.05) is 48.5 Å². The van der Waals surface area contributed by atoms with Crippen molar-refractivity contribution < 1.29 is 23.9 Å². The van der Waals surface area contributed by atoms with Crippen molar-refractivity contribution >= 4 is 39.6 Å². The molecule has 1 N–H and O–H groups in total. The van der Waals surface area contributed by atoms with Gasteiger partial charge in [0.2, 0.25) is 5.78 Å². The second kappa shape index (κ2) is 4.89. The Kier molecular flexibility index (Phi) is 2.75. The Morgan fingerprint density at radius 2 is 1.46 bits per heavy atom. The summed E-state index contributed by atoms with van der Waals surface area (Å²) in [4.78, 5) is 37.6. The molecule has 1 aliphatic rings. The number of fused-ring (bicyclic) bond motifs is 6. The lowest BCUT2D eigenvalue weighted by atomic mass is 9.86. The van der Waals surface area contributed by atoms with E-state index in [1.165, 1.54) is 0 Å². The summed E-state index contributed by atoms with van der Waals surface area (Å²) in [5.41, 5.74) is 0.763. The molecule has 124 valence electrons. The minimum atomic E-state index is -0.410. The van der Waals surface area contributed by atoms with Gasteiger partial charge in [-0.2, -0.15) is 0 Å². The molecule has 26 heavy (non-hydrogen) atoms. The number of hydrogen-bond acceptors (Lipinski definition) is 5. The lowest BCUT2D eigenvalue weighted by Crippen LogP contribution is -2.19. The molecule has 0 saturated heterocycles. The summed E-state index contributed by atoms with van der Waals surface area (Å²) in [7, 11) is 0. The molecule has 0 amide bonds. The smallest absolute Gasteiger partial charge is 0.229 e. The first-order valence-corrected chi connectivity index (χ1v) is 7.97. The van der Waals surface area contributed by atoms with Crippen LogP contribution in [0.5, 0.6) is 5.75 Å².